The summed E-state index contributed by atoms with van der Waals surface area (Å²) in [6, 6.07) is 6.48. The Hall–Kier alpha value is -2.02. The van der Waals surface area contributed by atoms with Crippen LogP contribution in [0.3, 0.4) is 0 Å². The lowest BCUT2D eigenvalue weighted by molar-refractivity contribution is -0.402. The minimum atomic E-state index is -0.557. The van der Waals surface area contributed by atoms with Gasteiger partial charge in [0.15, 0.2) is 0 Å². The van der Waals surface area contributed by atoms with Gasteiger partial charge in [0.2, 0.25) is 0 Å². The zero-order valence-corrected chi connectivity index (χ0v) is 9.52. The maximum atomic E-state index is 10.4. The van der Waals surface area contributed by atoms with Gasteiger partial charge in [-0.15, -0.1) is 11.8 Å². The van der Waals surface area contributed by atoms with E-state index in [9.17, 15) is 10.1 Å². The van der Waals surface area contributed by atoms with E-state index in [1.807, 2.05) is 6.07 Å². The first kappa shape index (κ1) is 11.5. The van der Waals surface area contributed by atoms with Crippen LogP contribution in [0.1, 0.15) is 5.76 Å². The predicted octanol–water partition coefficient (Wildman–Crippen LogP) is 2.46. The van der Waals surface area contributed by atoms with Gasteiger partial charge in [-0.3, -0.25) is 10.1 Å². The first-order valence-corrected chi connectivity index (χ1v) is 5.71. The molecular weight excluding hydrogens is 242 g/mol. The van der Waals surface area contributed by atoms with Crippen molar-refractivity contribution in [1.82, 2.24) is 4.98 Å². The summed E-state index contributed by atoms with van der Waals surface area (Å²) in [5.41, 5.74) is 5.46. The molecule has 0 aliphatic carbocycles. The van der Waals surface area contributed by atoms with E-state index in [4.69, 9.17) is 10.2 Å². The van der Waals surface area contributed by atoms with Gasteiger partial charge in [-0.2, -0.15) is 0 Å². The van der Waals surface area contributed by atoms with Gasteiger partial charge >= 0.3 is 5.88 Å². The van der Waals surface area contributed by atoms with Gasteiger partial charge in [0.1, 0.15) is 16.5 Å². The van der Waals surface area contributed by atoms with Gasteiger partial charge < -0.3 is 10.2 Å². The van der Waals surface area contributed by atoms with Crippen molar-refractivity contribution in [3.63, 3.8) is 0 Å². The molecule has 0 aliphatic heterocycles. The number of anilines is 1. The molecule has 0 spiro atoms. The fourth-order valence-electron chi connectivity index (χ4n) is 1.17. The number of pyridine rings is 1. The molecule has 2 aromatic heterocycles. The lowest BCUT2D eigenvalue weighted by Gasteiger charge is -1.98. The Kier molecular flexibility index (Phi) is 3.29. The van der Waals surface area contributed by atoms with Crippen molar-refractivity contribution in [2.45, 2.75) is 10.6 Å². The van der Waals surface area contributed by atoms with E-state index in [1.165, 1.54) is 17.8 Å². The maximum absolute atomic E-state index is 10.4. The Bertz CT molecular complexity index is 524. The molecule has 0 aromatic carbocycles. The summed E-state index contributed by atoms with van der Waals surface area (Å²) in [5.74, 6) is 1.29. The molecule has 0 saturated carbocycles. The summed E-state index contributed by atoms with van der Waals surface area (Å²) in [7, 11) is 0. The molecule has 0 amide bonds. The van der Waals surface area contributed by atoms with E-state index in [0.29, 0.717) is 17.3 Å². The average Bonchev–Trinajstić information content (AvgIpc) is 2.77. The lowest BCUT2D eigenvalue weighted by atomic mass is 10.5. The fraction of sp³-hybridized carbons (Fsp3) is 0.100. The molecule has 2 aromatic rings. The molecule has 17 heavy (non-hydrogen) atoms. The van der Waals surface area contributed by atoms with E-state index in [1.54, 1.807) is 18.3 Å². The van der Waals surface area contributed by atoms with Crippen LogP contribution in [0.2, 0.25) is 0 Å². The first-order valence-electron chi connectivity index (χ1n) is 4.72. The molecule has 0 atom stereocenters. The fourth-order valence-corrected chi connectivity index (χ4v) is 1.93. The zero-order valence-electron chi connectivity index (χ0n) is 8.70. The minimum absolute atomic E-state index is 0.240. The number of nitrogens with zero attached hydrogens (tertiary/aromatic N) is 2. The second-order valence-corrected chi connectivity index (χ2v) is 4.25. The predicted molar refractivity (Wildman–Crippen MR) is 63.6 cm³/mol. The number of rotatable bonds is 4. The van der Waals surface area contributed by atoms with Crippen molar-refractivity contribution in [3.8, 4) is 0 Å². The number of nitrogens with two attached hydrogens (primary N) is 1. The molecule has 0 saturated heterocycles. The molecule has 88 valence electrons. The van der Waals surface area contributed by atoms with Crippen molar-refractivity contribution in [2.24, 2.45) is 0 Å². The summed E-state index contributed by atoms with van der Waals surface area (Å²) in [6.45, 7) is 0. The number of nitro groups is 1. The number of hydrogen-bond donors (Lipinski definition) is 1. The maximum Gasteiger partial charge on any atom is 0.433 e. The second kappa shape index (κ2) is 4.88. The van der Waals surface area contributed by atoms with Gasteiger partial charge in [0.25, 0.3) is 0 Å². The number of hydrogen-bond acceptors (Lipinski definition) is 6. The Morgan fingerprint density at radius 2 is 2.24 bits per heavy atom. The van der Waals surface area contributed by atoms with Crippen LogP contribution in [-0.4, -0.2) is 9.91 Å². The molecule has 0 unspecified atom stereocenters. The SMILES string of the molecule is Nc1ccc(SCc2ccc([N+](=O)[O-])o2)cn1. The van der Waals surface area contributed by atoms with Crippen molar-refractivity contribution in [2.75, 3.05) is 5.73 Å². The van der Waals surface area contributed by atoms with Crippen molar-refractivity contribution >= 4 is 23.5 Å². The minimum Gasteiger partial charge on any atom is -0.405 e. The summed E-state index contributed by atoms with van der Waals surface area (Å²) >= 11 is 1.47. The van der Waals surface area contributed by atoms with Crippen LogP contribution < -0.4 is 5.73 Å². The lowest BCUT2D eigenvalue weighted by Crippen LogP contribution is -1.88. The number of thioether (sulfide) groups is 1. The summed E-state index contributed by atoms with van der Waals surface area (Å²) < 4.78 is 5.03. The van der Waals surface area contributed by atoms with Crippen LogP contribution >= 0.6 is 11.8 Å². The molecule has 2 heterocycles. The topological polar surface area (TPSA) is 95.2 Å². The number of furan rings is 1. The first-order chi connectivity index (χ1) is 8.15. The zero-order chi connectivity index (χ0) is 12.3. The van der Waals surface area contributed by atoms with Crippen molar-refractivity contribution in [3.05, 3.63) is 46.3 Å². The van der Waals surface area contributed by atoms with Gasteiger partial charge in [0, 0.05) is 11.1 Å². The number of nitrogen functional groups attached to an aromatic ring is 1. The summed E-state index contributed by atoms with van der Waals surface area (Å²) in [6.07, 6.45) is 1.65. The highest BCUT2D eigenvalue weighted by Gasteiger charge is 2.11. The Morgan fingerprint density at radius 1 is 1.41 bits per heavy atom. The van der Waals surface area contributed by atoms with Crippen molar-refractivity contribution < 1.29 is 9.34 Å². The molecule has 0 radical (unpaired) electrons. The quantitative estimate of drug-likeness (QED) is 0.509. The highest BCUT2D eigenvalue weighted by molar-refractivity contribution is 7.98. The number of aromatic nitrogens is 1. The highest BCUT2D eigenvalue weighted by Crippen LogP contribution is 2.25. The third kappa shape index (κ3) is 2.97. The Labute approximate surface area is 101 Å². The Morgan fingerprint density at radius 3 is 2.82 bits per heavy atom. The van der Waals surface area contributed by atoms with Crippen LogP contribution in [-0.2, 0) is 5.75 Å². The van der Waals surface area contributed by atoms with Crippen LogP contribution in [0.25, 0.3) is 0 Å². The molecule has 0 fully saturated rings. The van der Waals surface area contributed by atoms with E-state index < -0.39 is 4.92 Å². The molecule has 6 nitrogen and oxygen atoms in total. The molecule has 7 heteroatoms. The molecule has 0 aliphatic rings. The summed E-state index contributed by atoms with van der Waals surface area (Å²) in [5, 5.41) is 10.4. The monoisotopic (exact) mass is 251 g/mol. The standard InChI is InChI=1S/C10H9N3O3S/c11-9-3-2-8(5-12-9)17-6-7-1-4-10(16-7)13(14)15/h1-5H,6H2,(H2,11,12). The van der Waals surface area contributed by atoms with Gasteiger partial charge in [-0.25, -0.2) is 4.98 Å². The highest BCUT2D eigenvalue weighted by atomic mass is 32.2. The molecule has 2 N–H and O–H groups in total. The van der Waals surface area contributed by atoms with E-state index in [2.05, 4.69) is 4.98 Å². The smallest absolute Gasteiger partial charge is 0.405 e. The van der Waals surface area contributed by atoms with E-state index in [0.717, 1.165) is 4.90 Å². The third-order valence-electron chi connectivity index (χ3n) is 1.97. The van der Waals surface area contributed by atoms with Gasteiger partial charge in [0.05, 0.1) is 11.8 Å². The van der Waals surface area contributed by atoms with Gasteiger partial charge in [-0.1, -0.05) is 0 Å². The second-order valence-electron chi connectivity index (χ2n) is 3.20. The third-order valence-corrected chi connectivity index (χ3v) is 2.97. The molecule has 2 rings (SSSR count). The average molecular weight is 251 g/mol. The molecular formula is C10H9N3O3S. The van der Waals surface area contributed by atoms with Crippen LogP contribution in [0.4, 0.5) is 11.7 Å². The van der Waals surface area contributed by atoms with Crippen molar-refractivity contribution in [1.29, 1.82) is 0 Å². The Balaban J connectivity index is 1.97. The van der Waals surface area contributed by atoms with Crippen LogP contribution in [0.5, 0.6) is 0 Å². The largest absolute Gasteiger partial charge is 0.433 e. The van der Waals surface area contributed by atoms with E-state index in [-0.39, 0.29) is 5.88 Å². The summed E-state index contributed by atoms with van der Waals surface area (Å²) in [4.78, 5) is 14.7. The normalized spacial score (nSPS) is 10.4. The van der Waals surface area contributed by atoms with E-state index >= 15 is 0 Å². The molecule has 0 bridgehead atoms. The van der Waals surface area contributed by atoms with Gasteiger partial charge in [-0.05, 0) is 18.2 Å². The van der Waals surface area contributed by atoms with Crippen LogP contribution in [0, 0.1) is 10.1 Å². The van der Waals surface area contributed by atoms with Crippen LogP contribution in [0.15, 0.2) is 39.8 Å².